The molecule has 29 heavy (non-hydrogen) atoms. The topological polar surface area (TPSA) is 3.24 Å². The normalized spacial score (nSPS) is 14.7. The van der Waals surface area contributed by atoms with Crippen molar-refractivity contribution in [1.29, 1.82) is 0 Å². The van der Waals surface area contributed by atoms with Crippen LogP contribution in [0.25, 0.3) is 0 Å². The van der Waals surface area contributed by atoms with Gasteiger partial charge in [-0.3, -0.25) is 0 Å². The summed E-state index contributed by atoms with van der Waals surface area (Å²) in [6.07, 6.45) is 14.1. The molecule has 0 saturated heterocycles. The minimum absolute atomic E-state index is 0.834. The monoisotopic (exact) mass is 401 g/mol. The molecule has 0 fully saturated rings. The number of nitrogens with zero attached hydrogens (tertiary/aromatic N) is 1. The van der Waals surface area contributed by atoms with Gasteiger partial charge in [-0.1, -0.05) is 111 Å². The van der Waals surface area contributed by atoms with Gasteiger partial charge in [0.05, 0.1) is 0 Å². The quantitative estimate of drug-likeness (QED) is 0.252. The Balaban J connectivity index is 2.08. The number of rotatable bonds is 17. The van der Waals surface area contributed by atoms with Gasteiger partial charge in [0.2, 0.25) is 0 Å². The van der Waals surface area contributed by atoms with Gasteiger partial charge in [0.25, 0.3) is 0 Å². The Kier molecular flexibility index (Phi) is 14.2. The van der Waals surface area contributed by atoms with Gasteiger partial charge in [-0.15, -0.1) is 0 Å². The molecule has 1 heteroatoms. The predicted molar refractivity (Wildman–Crippen MR) is 133 cm³/mol. The van der Waals surface area contributed by atoms with Crippen molar-refractivity contribution in [2.75, 3.05) is 18.0 Å². The molecule has 0 amide bonds. The first-order valence-electron chi connectivity index (χ1n) is 12.7. The van der Waals surface area contributed by atoms with Crippen LogP contribution in [0.4, 0.5) is 5.69 Å². The molecule has 0 radical (unpaired) electrons. The number of anilines is 1. The summed E-state index contributed by atoms with van der Waals surface area (Å²) in [6, 6.07) is 10.9. The lowest BCUT2D eigenvalue weighted by molar-refractivity contribution is 0.374. The van der Waals surface area contributed by atoms with Crippen molar-refractivity contribution < 1.29 is 0 Å². The van der Waals surface area contributed by atoms with Gasteiger partial charge >= 0.3 is 0 Å². The molecule has 3 unspecified atom stereocenters. The first kappa shape index (κ1) is 26.1. The van der Waals surface area contributed by atoms with E-state index < -0.39 is 0 Å². The Labute approximate surface area is 183 Å². The van der Waals surface area contributed by atoms with Crippen molar-refractivity contribution in [3.63, 3.8) is 0 Å². The van der Waals surface area contributed by atoms with Crippen molar-refractivity contribution in [1.82, 2.24) is 0 Å². The molecule has 3 atom stereocenters. The van der Waals surface area contributed by atoms with Gasteiger partial charge in [0.1, 0.15) is 0 Å². The van der Waals surface area contributed by atoms with Crippen LogP contribution in [0.1, 0.15) is 106 Å². The van der Waals surface area contributed by atoms with Crippen LogP contribution in [0.5, 0.6) is 0 Å². The summed E-state index contributed by atoms with van der Waals surface area (Å²) >= 11 is 0. The van der Waals surface area contributed by atoms with Crippen molar-refractivity contribution in [2.45, 2.75) is 106 Å². The van der Waals surface area contributed by atoms with Crippen LogP contribution in [0.3, 0.4) is 0 Å². The molecule has 1 aromatic carbocycles. The number of hydrogen-bond donors (Lipinski definition) is 0. The van der Waals surface area contributed by atoms with Gasteiger partial charge in [-0.05, 0) is 49.1 Å². The smallest absolute Gasteiger partial charge is 0.0366 e. The number of benzene rings is 1. The third kappa shape index (κ3) is 13.0. The Bertz CT molecular complexity index is 480. The second kappa shape index (κ2) is 15.8. The molecule has 0 spiro atoms. The third-order valence-electron chi connectivity index (χ3n) is 6.66. The molecule has 0 aromatic heterocycles. The summed E-state index contributed by atoms with van der Waals surface area (Å²) in [7, 11) is 0. The Morgan fingerprint density at radius 3 is 1.52 bits per heavy atom. The minimum Gasteiger partial charge on any atom is -0.372 e. The van der Waals surface area contributed by atoms with E-state index in [0.29, 0.717) is 0 Å². The summed E-state index contributed by atoms with van der Waals surface area (Å²) in [5, 5.41) is 0. The zero-order valence-corrected chi connectivity index (χ0v) is 20.6. The SMILES string of the molecule is CCN(CCC(C)CCCC(C)CCCC(C)CCCC(C)C)c1ccccc1. The maximum absolute atomic E-state index is 2.52. The molecule has 1 nitrogen and oxygen atoms in total. The first-order valence-corrected chi connectivity index (χ1v) is 12.7. The Morgan fingerprint density at radius 2 is 1.07 bits per heavy atom. The van der Waals surface area contributed by atoms with Crippen molar-refractivity contribution in [3.8, 4) is 0 Å². The van der Waals surface area contributed by atoms with E-state index >= 15 is 0 Å². The largest absolute Gasteiger partial charge is 0.372 e. The van der Waals surface area contributed by atoms with E-state index in [4.69, 9.17) is 0 Å². The second-order valence-corrected chi connectivity index (χ2v) is 10.2. The standard InChI is InChI=1S/C28H51N/c1-7-29(28-20-9-8-10-21-28)23-22-27(6)19-13-18-26(5)17-12-16-25(4)15-11-14-24(2)3/h8-10,20-21,24-27H,7,11-19,22-23H2,1-6H3. The first-order chi connectivity index (χ1) is 13.9. The fourth-order valence-corrected chi connectivity index (χ4v) is 4.42. The molecule has 0 bridgehead atoms. The Hall–Kier alpha value is -0.980. The molecule has 1 aromatic rings. The highest BCUT2D eigenvalue weighted by atomic mass is 15.1. The zero-order chi connectivity index (χ0) is 21.5. The summed E-state index contributed by atoms with van der Waals surface area (Å²) in [6.45, 7) is 16.6. The summed E-state index contributed by atoms with van der Waals surface area (Å²) in [5.41, 5.74) is 1.37. The van der Waals surface area contributed by atoms with E-state index in [1.54, 1.807) is 0 Å². The number of hydrogen-bond acceptors (Lipinski definition) is 1. The Morgan fingerprint density at radius 1 is 0.621 bits per heavy atom. The molecule has 0 aliphatic rings. The van der Waals surface area contributed by atoms with E-state index in [0.717, 1.165) is 30.2 Å². The summed E-state index contributed by atoms with van der Waals surface area (Å²) in [5.74, 6) is 3.53. The summed E-state index contributed by atoms with van der Waals surface area (Å²) in [4.78, 5) is 2.52. The van der Waals surface area contributed by atoms with Crippen LogP contribution >= 0.6 is 0 Å². The van der Waals surface area contributed by atoms with Gasteiger partial charge in [0.15, 0.2) is 0 Å². The highest BCUT2D eigenvalue weighted by Gasteiger charge is 2.10. The van der Waals surface area contributed by atoms with Crippen molar-refractivity contribution in [3.05, 3.63) is 30.3 Å². The van der Waals surface area contributed by atoms with Crippen molar-refractivity contribution >= 4 is 5.69 Å². The van der Waals surface area contributed by atoms with Gasteiger partial charge in [0, 0.05) is 18.8 Å². The van der Waals surface area contributed by atoms with Gasteiger partial charge in [-0.2, -0.15) is 0 Å². The molecular weight excluding hydrogens is 350 g/mol. The van der Waals surface area contributed by atoms with Crippen LogP contribution < -0.4 is 4.90 Å². The van der Waals surface area contributed by atoms with E-state index in [1.807, 2.05) is 0 Å². The lowest BCUT2D eigenvalue weighted by Crippen LogP contribution is -2.25. The zero-order valence-electron chi connectivity index (χ0n) is 20.6. The molecular formula is C28H51N. The minimum atomic E-state index is 0.834. The summed E-state index contributed by atoms with van der Waals surface area (Å²) < 4.78 is 0. The lowest BCUT2D eigenvalue weighted by atomic mass is 9.90. The molecule has 1 rings (SSSR count). The third-order valence-corrected chi connectivity index (χ3v) is 6.66. The van der Waals surface area contributed by atoms with Crippen LogP contribution in [0, 0.1) is 23.7 Å². The average Bonchev–Trinajstić information content (AvgIpc) is 2.69. The van der Waals surface area contributed by atoms with E-state index in [2.05, 4.69) is 76.8 Å². The maximum Gasteiger partial charge on any atom is 0.0366 e. The fraction of sp³-hybridized carbons (Fsp3) is 0.786. The van der Waals surface area contributed by atoms with Crippen LogP contribution in [-0.4, -0.2) is 13.1 Å². The second-order valence-electron chi connectivity index (χ2n) is 10.2. The van der Waals surface area contributed by atoms with Gasteiger partial charge < -0.3 is 4.90 Å². The van der Waals surface area contributed by atoms with Crippen LogP contribution in [0.2, 0.25) is 0 Å². The molecule has 0 aliphatic carbocycles. The van der Waals surface area contributed by atoms with E-state index in [1.165, 1.54) is 76.4 Å². The lowest BCUT2D eigenvalue weighted by Gasteiger charge is -2.25. The van der Waals surface area contributed by atoms with E-state index in [-0.39, 0.29) is 0 Å². The molecule has 0 heterocycles. The molecule has 0 saturated carbocycles. The van der Waals surface area contributed by atoms with Crippen LogP contribution in [0.15, 0.2) is 30.3 Å². The van der Waals surface area contributed by atoms with Crippen LogP contribution in [-0.2, 0) is 0 Å². The van der Waals surface area contributed by atoms with Crippen molar-refractivity contribution in [2.24, 2.45) is 23.7 Å². The predicted octanol–water partition coefficient (Wildman–Crippen LogP) is 8.98. The maximum atomic E-state index is 2.52. The highest BCUT2D eigenvalue weighted by molar-refractivity contribution is 5.45. The van der Waals surface area contributed by atoms with E-state index in [9.17, 15) is 0 Å². The highest BCUT2D eigenvalue weighted by Crippen LogP contribution is 2.23. The van der Waals surface area contributed by atoms with Gasteiger partial charge in [-0.25, -0.2) is 0 Å². The molecule has 168 valence electrons. The molecule has 0 N–H and O–H groups in total. The average molecular weight is 402 g/mol. The number of para-hydroxylation sites is 1. The molecule has 0 aliphatic heterocycles. The fourth-order valence-electron chi connectivity index (χ4n) is 4.42.